The molecule has 11 heavy (non-hydrogen) atoms. The van der Waals surface area contributed by atoms with E-state index in [4.69, 9.17) is 17.7 Å². The van der Waals surface area contributed by atoms with Crippen molar-refractivity contribution in [2.75, 3.05) is 6.61 Å². The quantitative estimate of drug-likeness (QED) is 0.385. The van der Waals surface area contributed by atoms with Crippen molar-refractivity contribution >= 4 is 7.85 Å². The maximum atomic E-state index is 9.42. The van der Waals surface area contributed by atoms with Gasteiger partial charge in [-0.15, -0.1) is 0 Å². The standard InChI is InChI=1S/C6H11BO4/c1-6(10)4(9)3(2-8)11-5(6)7/h3-5,8-10H,2H2,1H3. The van der Waals surface area contributed by atoms with E-state index in [1.807, 2.05) is 0 Å². The Morgan fingerprint density at radius 2 is 2.18 bits per heavy atom. The molecule has 5 heteroatoms. The Morgan fingerprint density at radius 1 is 1.64 bits per heavy atom. The molecule has 0 spiro atoms. The molecule has 0 aliphatic carbocycles. The van der Waals surface area contributed by atoms with Crippen molar-refractivity contribution in [1.29, 1.82) is 0 Å². The normalized spacial score (nSPS) is 51.5. The Hall–Kier alpha value is -0.0951. The molecule has 0 bridgehead atoms. The van der Waals surface area contributed by atoms with Crippen LogP contribution in [0.15, 0.2) is 0 Å². The van der Waals surface area contributed by atoms with Crippen LogP contribution in [-0.4, -0.2) is 53.6 Å². The fourth-order valence-electron chi connectivity index (χ4n) is 1.09. The zero-order valence-corrected chi connectivity index (χ0v) is 6.27. The molecular weight excluding hydrogens is 147 g/mol. The van der Waals surface area contributed by atoms with Gasteiger partial charge in [-0.25, -0.2) is 0 Å². The van der Waals surface area contributed by atoms with Gasteiger partial charge in [0.15, 0.2) is 0 Å². The van der Waals surface area contributed by atoms with Gasteiger partial charge in [0.05, 0.1) is 6.61 Å². The summed E-state index contributed by atoms with van der Waals surface area (Å²) < 4.78 is 4.87. The first-order valence-electron chi connectivity index (χ1n) is 3.42. The SMILES string of the molecule is [B]C1OC(CO)C(O)C1(C)O. The number of aliphatic hydroxyl groups excluding tert-OH is 2. The lowest BCUT2D eigenvalue weighted by Gasteiger charge is -2.24. The van der Waals surface area contributed by atoms with Gasteiger partial charge in [0, 0.05) is 6.00 Å². The van der Waals surface area contributed by atoms with Crippen LogP contribution in [0.25, 0.3) is 0 Å². The lowest BCUT2D eigenvalue weighted by Crippen LogP contribution is -2.45. The Morgan fingerprint density at radius 3 is 2.36 bits per heavy atom. The lowest BCUT2D eigenvalue weighted by molar-refractivity contribution is -0.0467. The van der Waals surface area contributed by atoms with Gasteiger partial charge in [0.25, 0.3) is 0 Å². The molecule has 4 atom stereocenters. The van der Waals surface area contributed by atoms with E-state index in [-0.39, 0.29) is 6.61 Å². The molecule has 0 saturated carbocycles. The molecule has 0 aromatic carbocycles. The fraction of sp³-hybridized carbons (Fsp3) is 1.00. The molecule has 4 nitrogen and oxygen atoms in total. The molecule has 4 unspecified atom stereocenters. The van der Waals surface area contributed by atoms with Gasteiger partial charge in [0.2, 0.25) is 0 Å². The smallest absolute Gasteiger partial charge is 0.113 e. The van der Waals surface area contributed by atoms with Crippen molar-refractivity contribution in [2.24, 2.45) is 0 Å². The summed E-state index contributed by atoms with van der Waals surface area (Å²) in [6.07, 6.45) is -1.90. The van der Waals surface area contributed by atoms with E-state index in [0.29, 0.717) is 0 Å². The summed E-state index contributed by atoms with van der Waals surface area (Å²) in [6, 6.07) is -0.936. The van der Waals surface area contributed by atoms with Crippen LogP contribution in [0.4, 0.5) is 0 Å². The van der Waals surface area contributed by atoms with Crippen molar-refractivity contribution < 1.29 is 20.1 Å². The van der Waals surface area contributed by atoms with E-state index in [1.54, 1.807) is 0 Å². The third kappa shape index (κ3) is 1.29. The van der Waals surface area contributed by atoms with Gasteiger partial charge < -0.3 is 20.1 Å². The minimum absolute atomic E-state index is 0.342. The van der Waals surface area contributed by atoms with E-state index in [2.05, 4.69) is 0 Å². The summed E-state index contributed by atoms with van der Waals surface area (Å²) in [5.74, 6) is 0. The molecule has 1 rings (SSSR count). The second-order valence-corrected chi connectivity index (χ2v) is 2.95. The van der Waals surface area contributed by atoms with E-state index in [1.165, 1.54) is 6.92 Å². The van der Waals surface area contributed by atoms with Gasteiger partial charge >= 0.3 is 0 Å². The Labute approximate surface area is 66.2 Å². The van der Waals surface area contributed by atoms with E-state index in [0.717, 1.165) is 0 Å². The topological polar surface area (TPSA) is 69.9 Å². The first kappa shape index (κ1) is 9.00. The highest BCUT2D eigenvalue weighted by molar-refractivity contribution is 6.12. The van der Waals surface area contributed by atoms with Crippen molar-refractivity contribution in [3.8, 4) is 0 Å². The molecule has 0 amide bonds. The van der Waals surface area contributed by atoms with E-state index >= 15 is 0 Å². The van der Waals surface area contributed by atoms with Crippen molar-refractivity contribution in [3.63, 3.8) is 0 Å². The second-order valence-electron chi connectivity index (χ2n) is 2.95. The number of ether oxygens (including phenoxy) is 1. The molecule has 62 valence electrons. The van der Waals surface area contributed by atoms with Crippen LogP contribution in [0, 0.1) is 0 Å². The van der Waals surface area contributed by atoms with Crippen LogP contribution in [0.1, 0.15) is 6.92 Å². The van der Waals surface area contributed by atoms with Gasteiger partial charge in [0.1, 0.15) is 25.7 Å². The minimum Gasteiger partial charge on any atom is -0.394 e. The highest BCUT2D eigenvalue weighted by Crippen LogP contribution is 2.28. The largest absolute Gasteiger partial charge is 0.394 e. The second kappa shape index (κ2) is 2.75. The maximum Gasteiger partial charge on any atom is 0.113 e. The molecular formula is C6H11BO4. The maximum absolute atomic E-state index is 9.42. The van der Waals surface area contributed by atoms with E-state index < -0.39 is 23.8 Å². The van der Waals surface area contributed by atoms with Crippen molar-refractivity contribution in [2.45, 2.75) is 30.7 Å². The molecule has 1 aliphatic heterocycles. The first-order chi connectivity index (χ1) is 5.00. The van der Waals surface area contributed by atoms with Gasteiger partial charge in [-0.2, -0.15) is 0 Å². The average Bonchev–Trinajstić information content (AvgIpc) is 2.14. The predicted octanol–water partition coefficient (Wildman–Crippen LogP) is -2.02. The van der Waals surface area contributed by atoms with Crippen LogP contribution in [0.2, 0.25) is 0 Å². The zero-order valence-electron chi connectivity index (χ0n) is 6.27. The molecule has 1 saturated heterocycles. The monoisotopic (exact) mass is 158 g/mol. The van der Waals surface area contributed by atoms with Gasteiger partial charge in [-0.1, -0.05) is 0 Å². The van der Waals surface area contributed by atoms with E-state index in [9.17, 15) is 10.2 Å². The van der Waals surface area contributed by atoms with Crippen LogP contribution in [0.3, 0.4) is 0 Å². The third-order valence-corrected chi connectivity index (χ3v) is 2.03. The van der Waals surface area contributed by atoms with Crippen LogP contribution in [-0.2, 0) is 4.74 Å². The summed E-state index contributed by atoms with van der Waals surface area (Å²) >= 11 is 0. The summed E-state index contributed by atoms with van der Waals surface area (Å²) in [6.45, 7) is 1.03. The minimum atomic E-state index is -1.46. The van der Waals surface area contributed by atoms with Gasteiger partial charge in [-0.3, -0.25) is 0 Å². The molecule has 2 radical (unpaired) electrons. The summed E-state index contributed by atoms with van der Waals surface area (Å²) in [5, 5.41) is 27.3. The summed E-state index contributed by atoms with van der Waals surface area (Å²) in [7, 11) is 5.33. The molecule has 0 aromatic rings. The highest BCUT2D eigenvalue weighted by atomic mass is 16.6. The number of rotatable bonds is 1. The van der Waals surface area contributed by atoms with Crippen LogP contribution in [0.5, 0.6) is 0 Å². The summed E-state index contributed by atoms with van der Waals surface area (Å²) in [5.41, 5.74) is -1.46. The summed E-state index contributed by atoms with van der Waals surface area (Å²) in [4.78, 5) is 0. The molecule has 1 heterocycles. The molecule has 0 aromatic heterocycles. The molecule has 3 N–H and O–H groups in total. The van der Waals surface area contributed by atoms with Crippen molar-refractivity contribution in [3.05, 3.63) is 0 Å². The number of hydrogen-bond acceptors (Lipinski definition) is 4. The molecule has 1 aliphatic rings. The average molecular weight is 158 g/mol. The third-order valence-electron chi connectivity index (χ3n) is 2.03. The number of aliphatic hydroxyl groups is 3. The Balaban J connectivity index is 2.71. The lowest BCUT2D eigenvalue weighted by atomic mass is 9.82. The Bertz CT molecular complexity index is 150. The van der Waals surface area contributed by atoms with Crippen LogP contribution < -0.4 is 0 Å². The number of hydrogen-bond donors (Lipinski definition) is 3. The first-order valence-corrected chi connectivity index (χ1v) is 3.42. The van der Waals surface area contributed by atoms with Gasteiger partial charge in [-0.05, 0) is 6.92 Å². The van der Waals surface area contributed by atoms with Crippen LogP contribution >= 0.6 is 0 Å². The highest BCUT2D eigenvalue weighted by Gasteiger charge is 2.48. The fourth-order valence-corrected chi connectivity index (χ4v) is 1.09. The van der Waals surface area contributed by atoms with Crippen molar-refractivity contribution in [1.82, 2.24) is 0 Å². The Kier molecular flexibility index (Phi) is 2.25. The zero-order chi connectivity index (χ0) is 8.65. The predicted molar refractivity (Wildman–Crippen MR) is 38.1 cm³/mol. The molecule has 1 fully saturated rings.